The lowest BCUT2D eigenvalue weighted by atomic mass is 9.93. The number of benzene rings is 4. The smallest absolute Gasteiger partial charge is 0.210 e. The molecule has 0 spiro atoms. The molecular formula is C29H20N2O. The van der Waals surface area contributed by atoms with Crippen LogP contribution >= 0.6 is 0 Å². The van der Waals surface area contributed by atoms with Crippen molar-refractivity contribution in [3.05, 3.63) is 108 Å². The number of nitrogens with zero attached hydrogens (tertiary/aromatic N) is 2. The van der Waals surface area contributed by atoms with Crippen LogP contribution in [-0.4, -0.2) is 4.57 Å². The van der Waals surface area contributed by atoms with Gasteiger partial charge >= 0.3 is 0 Å². The van der Waals surface area contributed by atoms with Crippen molar-refractivity contribution in [2.45, 2.75) is 13.8 Å². The summed E-state index contributed by atoms with van der Waals surface area (Å²) in [5, 5.41) is 1.09. The van der Waals surface area contributed by atoms with Crippen molar-refractivity contribution in [1.82, 2.24) is 4.57 Å². The molecule has 5 aromatic rings. The van der Waals surface area contributed by atoms with Gasteiger partial charge in [-0.1, -0.05) is 60.7 Å². The van der Waals surface area contributed by atoms with E-state index in [1.165, 1.54) is 11.1 Å². The topological polar surface area (TPSA) is 18.5 Å². The summed E-state index contributed by atoms with van der Waals surface area (Å²) in [5.41, 5.74) is 9.38. The van der Waals surface area contributed by atoms with E-state index in [1.807, 2.05) is 36.4 Å². The second-order valence-corrected chi connectivity index (χ2v) is 8.13. The molecule has 3 heteroatoms. The van der Waals surface area contributed by atoms with E-state index in [0.29, 0.717) is 5.69 Å². The molecule has 0 aliphatic carbocycles. The predicted molar refractivity (Wildman–Crippen MR) is 130 cm³/mol. The van der Waals surface area contributed by atoms with Gasteiger partial charge in [-0.05, 0) is 54.8 Å². The van der Waals surface area contributed by atoms with E-state index in [1.54, 1.807) is 0 Å². The zero-order valence-corrected chi connectivity index (χ0v) is 17.9. The van der Waals surface area contributed by atoms with Crippen LogP contribution in [0.1, 0.15) is 11.3 Å². The number of hydrogen-bond acceptors (Lipinski definition) is 1. The largest absolute Gasteiger partial charge is 0.455 e. The molecular weight excluding hydrogens is 392 g/mol. The minimum Gasteiger partial charge on any atom is -0.455 e. The fourth-order valence-electron chi connectivity index (χ4n) is 4.87. The monoisotopic (exact) mass is 412 g/mol. The summed E-state index contributed by atoms with van der Waals surface area (Å²) in [7, 11) is 0. The summed E-state index contributed by atoms with van der Waals surface area (Å²) < 4.78 is 8.85. The Morgan fingerprint density at radius 3 is 2.16 bits per heavy atom. The van der Waals surface area contributed by atoms with Gasteiger partial charge in [-0.25, -0.2) is 4.85 Å². The van der Waals surface area contributed by atoms with Crippen LogP contribution in [0.15, 0.2) is 84.9 Å². The van der Waals surface area contributed by atoms with Crippen molar-refractivity contribution >= 4 is 16.6 Å². The van der Waals surface area contributed by atoms with Crippen molar-refractivity contribution in [2.75, 3.05) is 0 Å². The molecule has 152 valence electrons. The second kappa shape index (κ2) is 6.87. The fourth-order valence-corrected chi connectivity index (χ4v) is 4.87. The Morgan fingerprint density at radius 1 is 0.719 bits per heavy atom. The zero-order chi connectivity index (χ0) is 21.8. The fraction of sp³-hybridized carbons (Fsp3) is 0.0690. The first-order valence-corrected chi connectivity index (χ1v) is 10.7. The molecule has 32 heavy (non-hydrogen) atoms. The maximum absolute atomic E-state index is 7.65. The van der Waals surface area contributed by atoms with E-state index >= 15 is 0 Å². The van der Waals surface area contributed by atoms with Crippen molar-refractivity contribution in [3.63, 3.8) is 0 Å². The molecule has 0 amide bonds. The highest BCUT2D eigenvalue weighted by Gasteiger charge is 2.25. The quantitative estimate of drug-likeness (QED) is 0.249. The first-order chi connectivity index (χ1) is 15.7. The molecule has 0 bridgehead atoms. The molecule has 4 aromatic carbocycles. The SMILES string of the molecule is [C-]#[N+]c1ccccc1-n1c(C)c(C)c2c3c(ccc21)-c1ccccc1-c1ccccc1O3. The average molecular weight is 412 g/mol. The maximum Gasteiger partial charge on any atom is 0.210 e. The lowest BCUT2D eigenvalue weighted by molar-refractivity contribution is 0.493. The van der Waals surface area contributed by atoms with E-state index in [4.69, 9.17) is 11.3 Å². The second-order valence-electron chi connectivity index (χ2n) is 8.13. The minimum atomic E-state index is 0.638. The van der Waals surface area contributed by atoms with Crippen LogP contribution in [0, 0.1) is 20.4 Å². The van der Waals surface area contributed by atoms with Crippen LogP contribution < -0.4 is 4.74 Å². The minimum absolute atomic E-state index is 0.638. The Balaban J connectivity index is 1.74. The number of aryl methyl sites for hydroxylation is 1. The van der Waals surface area contributed by atoms with Crippen LogP contribution in [0.2, 0.25) is 0 Å². The number of para-hydroxylation sites is 3. The summed E-state index contributed by atoms with van der Waals surface area (Å²) in [5.74, 6) is 1.73. The Bertz CT molecular complexity index is 1580. The lowest BCUT2D eigenvalue weighted by Crippen LogP contribution is -1.97. The lowest BCUT2D eigenvalue weighted by Gasteiger charge is -2.13. The summed E-state index contributed by atoms with van der Waals surface area (Å²) in [4.78, 5) is 3.76. The number of ether oxygens (including phenoxy) is 1. The normalized spacial score (nSPS) is 11.7. The molecule has 2 heterocycles. The molecule has 6 rings (SSSR count). The Kier molecular flexibility index (Phi) is 3.96. The summed E-state index contributed by atoms with van der Waals surface area (Å²) in [6.07, 6.45) is 0. The average Bonchev–Trinajstić information content (AvgIpc) is 3.00. The molecule has 0 saturated heterocycles. The van der Waals surface area contributed by atoms with Gasteiger partial charge in [0.1, 0.15) is 11.5 Å². The number of aromatic nitrogens is 1. The highest BCUT2D eigenvalue weighted by Crippen LogP contribution is 2.50. The third-order valence-corrected chi connectivity index (χ3v) is 6.48. The first-order valence-electron chi connectivity index (χ1n) is 10.7. The van der Waals surface area contributed by atoms with E-state index in [9.17, 15) is 0 Å². The number of fused-ring (bicyclic) bond motifs is 7. The van der Waals surface area contributed by atoms with Gasteiger partial charge in [0.25, 0.3) is 0 Å². The third kappa shape index (κ3) is 2.47. The van der Waals surface area contributed by atoms with Crippen molar-refractivity contribution in [2.24, 2.45) is 0 Å². The molecule has 1 aliphatic rings. The molecule has 0 N–H and O–H groups in total. The van der Waals surface area contributed by atoms with Gasteiger partial charge in [0, 0.05) is 22.2 Å². The van der Waals surface area contributed by atoms with Crippen LogP contribution in [-0.2, 0) is 0 Å². The molecule has 0 radical (unpaired) electrons. The van der Waals surface area contributed by atoms with Crippen molar-refractivity contribution in [3.8, 4) is 39.4 Å². The van der Waals surface area contributed by atoms with Gasteiger partial charge < -0.3 is 9.30 Å². The highest BCUT2D eigenvalue weighted by atomic mass is 16.5. The van der Waals surface area contributed by atoms with E-state index in [2.05, 4.69) is 71.8 Å². The number of rotatable bonds is 1. The van der Waals surface area contributed by atoms with E-state index in [-0.39, 0.29) is 0 Å². The molecule has 0 fully saturated rings. The molecule has 3 nitrogen and oxygen atoms in total. The standard InChI is InChI=1S/C29H20N2O/c1-18-19(2)31(25-14-8-7-13-24(25)30-3)26-17-16-23-21-11-5-4-10-20(21)22-12-6-9-15-27(22)32-29(23)28(18)26/h4-17H,1-2H3. The van der Waals surface area contributed by atoms with Crippen LogP contribution in [0.4, 0.5) is 5.69 Å². The van der Waals surface area contributed by atoms with Crippen molar-refractivity contribution in [1.29, 1.82) is 0 Å². The van der Waals surface area contributed by atoms with Crippen LogP contribution in [0.25, 0.3) is 43.7 Å². The summed E-state index contributed by atoms with van der Waals surface area (Å²) >= 11 is 0. The van der Waals surface area contributed by atoms with E-state index in [0.717, 1.165) is 50.5 Å². The molecule has 1 aliphatic heterocycles. The van der Waals surface area contributed by atoms with Gasteiger partial charge in [0.15, 0.2) is 0 Å². The van der Waals surface area contributed by atoms with Gasteiger partial charge in [-0.2, -0.15) is 0 Å². The van der Waals surface area contributed by atoms with Gasteiger partial charge in [0.05, 0.1) is 17.8 Å². The molecule has 0 unspecified atom stereocenters. The van der Waals surface area contributed by atoms with E-state index < -0.39 is 0 Å². The molecule has 1 aromatic heterocycles. The summed E-state index contributed by atoms with van der Waals surface area (Å²) in [6, 6.07) is 28.8. The Hall–Kier alpha value is -4.29. The van der Waals surface area contributed by atoms with Gasteiger partial charge in [0.2, 0.25) is 5.69 Å². The maximum atomic E-state index is 7.65. The zero-order valence-electron chi connectivity index (χ0n) is 17.9. The first kappa shape index (κ1) is 18.5. The van der Waals surface area contributed by atoms with Crippen LogP contribution in [0.3, 0.4) is 0 Å². The third-order valence-electron chi connectivity index (χ3n) is 6.48. The number of hydrogen-bond donors (Lipinski definition) is 0. The Morgan fingerprint density at radius 2 is 1.38 bits per heavy atom. The van der Waals surface area contributed by atoms with Gasteiger partial charge in [-0.3, -0.25) is 0 Å². The predicted octanol–water partition coefficient (Wildman–Crippen LogP) is 8.24. The Labute approximate surface area is 187 Å². The molecule has 0 saturated carbocycles. The summed E-state index contributed by atoms with van der Waals surface area (Å²) in [6.45, 7) is 11.9. The molecule has 0 atom stereocenters. The highest BCUT2D eigenvalue weighted by molar-refractivity contribution is 6.02. The van der Waals surface area contributed by atoms with Crippen LogP contribution in [0.5, 0.6) is 11.5 Å². The van der Waals surface area contributed by atoms with Crippen molar-refractivity contribution < 1.29 is 4.74 Å². The van der Waals surface area contributed by atoms with Gasteiger partial charge in [-0.15, -0.1) is 0 Å².